The smallest absolute Gasteiger partial charge is 0.338 e. The first-order valence-corrected chi connectivity index (χ1v) is 10.0. The third kappa shape index (κ3) is 5.85. The van der Waals surface area contributed by atoms with Gasteiger partial charge in [0.25, 0.3) is 5.91 Å². The van der Waals surface area contributed by atoms with Crippen LogP contribution in [0.25, 0.3) is 0 Å². The Morgan fingerprint density at radius 1 is 1.13 bits per heavy atom. The van der Waals surface area contributed by atoms with Crippen LogP contribution in [0.2, 0.25) is 5.02 Å². The number of hydrogen-bond acceptors (Lipinski definition) is 7. The monoisotopic (exact) mass is 448 g/mol. The Labute approximate surface area is 183 Å². The van der Waals surface area contributed by atoms with Gasteiger partial charge >= 0.3 is 11.7 Å². The van der Waals surface area contributed by atoms with Gasteiger partial charge < -0.3 is 19.5 Å². The van der Waals surface area contributed by atoms with E-state index in [2.05, 4.69) is 5.32 Å². The van der Waals surface area contributed by atoms with Crippen molar-refractivity contribution in [1.82, 2.24) is 5.32 Å². The highest BCUT2D eigenvalue weighted by molar-refractivity contribution is 6.30. The number of rotatable bonds is 8. The first-order chi connectivity index (χ1) is 14.9. The van der Waals surface area contributed by atoms with Crippen molar-refractivity contribution in [2.24, 2.45) is 0 Å². The van der Waals surface area contributed by atoms with Gasteiger partial charge in [0.05, 0.1) is 17.6 Å². The average Bonchev–Trinajstić information content (AvgIpc) is 3.26. The van der Waals surface area contributed by atoms with E-state index >= 15 is 0 Å². The van der Waals surface area contributed by atoms with Crippen molar-refractivity contribution in [2.45, 2.75) is 31.7 Å². The Bertz CT molecular complexity index is 990. The van der Waals surface area contributed by atoms with Crippen LogP contribution in [0.15, 0.2) is 36.4 Å². The van der Waals surface area contributed by atoms with Crippen LogP contribution in [0.1, 0.15) is 36.0 Å². The van der Waals surface area contributed by atoms with Crippen molar-refractivity contribution in [1.29, 1.82) is 0 Å². The summed E-state index contributed by atoms with van der Waals surface area (Å²) in [6.45, 7) is -0.382. The minimum absolute atomic E-state index is 0.0355. The molecule has 0 unspecified atom stereocenters. The lowest BCUT2D eigenvalue weighted by atomic mass is 10.2. The molecule has 0 heterocycles. The number of esters is 1. The number of carbonyl (C=O) groups is 2. The lowest BCUT2D eigenvalue weighted by Crippen LogP contribution is -2.35. The fourth-order valence-corrected chi connectivity index (χ4v) is 3.44. The van der Waals surface area contributed by atoms with Gasteiger partial charge in [0, 0.05) is 17.1 Å². The topological polar surface area (TPSA) is 117 Å². The molecule has 164 valence electrons. The van der Waals surface area contributed by atoms with Gasteiger partial charge in [-0.1, -0.05) is 24.4 Å². The molecule has 9 nitrogen and oxygen atoms in total. The largest absolute Gasteiger partial charge is 0.493 e. The standard InChI is InChI=1S/C21H21ClN2O7/c1-29-19-10-13(21(26)30-12-20(25)23-15-4-2-3-5-15)6-8-18(19)31-17-9-7-14(22)11-16(17)24(27)28/h6-11,15H,2-5,12H2,1H3,(H,23,25). The highest BCUT2D eigenvalue weighted by atomic mass is 35.5. The number of benzene rings is 2. The molecular weight excluding hydrogens is 428 g/mol. The lowest BCUT2D eigenvalue weighted by Gasteiger charge is -2.13. The van der Waals surface area contributed by atoms with Crippen LogP contribution in [0.3, 0.4) is 0 Å². The van der Waals surface area contributed by atoms with Crippen molar-refractivity contribution < 1.29 is 28.7 Å². The Balaban J connectivity index is 1.67. The van der Waals surface area contributed by atoms with Gasteiger partial charge in [-0.25, -0.2) is 4.79 Å². The SMILES string of the molecule is COc1cc(C(=O)OCC(=O)NC2CCCC2)ccc1Oc1ccc(Cl)cc1[N+](=O)[O-]. The first-order valence-electron chi connectivity index (χ1n) is 9.63. The first kappa shape index (κ1) is 22.4. The average molecular weight is 449 g/mol. The van der Waals surface area contributed by atoms with Crippen molar-refractivity contribution in [3.05, 3.63) is 57.1 Å². The van der Waals surface area contributed by atoms with E-state index in [0.29, 0.717) is 0 Å². The van der Waals surface area contributed by atoms with Gasteiger partial charge in [-0.2, -0.15) is 0 Å². The quantitative estimate of drug-likeness (QED) is 0.364. The number of halogens is 1. The van der Waals surface area contributed by atoms with Gasteiger partial charge in [0.1, 0.15) is 0 Å². The molecule has 2 aromatic carbocycles. The summed E-state index contributed by atoms with van der Waals surface area (Å²) >= 11 is 5.81. The molecule has 1 amide bonds. The summed E-state index contributed by atoms with van der Waals surface area (Å²) in [7, 11) is 1.36. The Kier molecular flexibility index (Phi) is 7.30. The predicted octanol–water partition coefficient (Wildman–Crippen LogP) is 4.26. The molecule has 3 rings (SSSR count). The fraction of sp³-hybridized carbons (Fsp3) is 0.333. The Morgan fingerprint density at radius 2 is 1.84 bits per heavy atom. The van der Waals surface area contributed by atoms with Crippen molar-refractivity contribution in [2.75, 3.05) is 13.7 Å². The summed E-state index contributed by atoms with van der Waals surface area (Å²) in [4.78, 5) is 34.9. The molecule has 1 saturated carbocycles. The second-order valence-electron chi connectivity index (χ2n) is 6.96. The molecular formula is C21H21ClN2O7. The summed E-state index contributed by atoms with van der Waals surface area (Å²) in [5, 5.41) is 14.3. The molecule has 1 aliphatic carbocycles. The molecule has 0 aliphatic heterocycles. The maximum Gasteiger partial charge on any atom is 0.338 e. The number of nitro groups is 1. The van der Waals surface area contributed by atoms with Gasteiger partial charge in [-0.3, -0.25) is 14.9 Å². The third-order valence-corrected chi connectivity index (χ3v) is 5.03. The minimum Gasteiger partial charge on any atom is -0.493 e. The maximum absolute atomic E-state index is 12.3. The molecule has 0 atom stereocenters. The summed E-state index contributed by atoms with van der Waals surface area (Å²) in [6, 6.07) is 8.34. The molecule has 2 aromatic rings. The van der Waals surface area contributed by atoms with Crippen LogP contribution in [-0.2, 0) is 9.53 Å². The molecule has 0 spiro atoms. The molecule has 1 aliphatic rings. The summed E-state index contributed by atoms with van der Waals surface area (Å²) in [5.74, 6) is -0.768. The summed E-state index contributed by atoms with van der Waals surface area (Å²) in [6.07, 6.45) is 4.03. The van der Waals surface area contributed by atoms with E-state index < -0.39 is 10.9 Å². The van der Waals surface area contributed by atoms with E-state index in [4.69, 9.17) is 25.8 Å². The maximum atomic E-state index is 12.3. The van der Waals surface area contributed by atoms with Crippen LogP contribution in [0.5, 0.6) is 17.2 Å². The highest BCUT2D eigenvalue weighted by Gasteiger charge is 2.21. The number of nitrogens with zero attached hydrogens (tertiary/aromatic N) is 1. The minimum atomic E-state index is -0.705. The number of carbonyl (C=O) groups excluding carboxylic acids is 2. The van der Waals surface area contributed by atoms with Crippen LogP contribution < -0.4 is 14.8 Å². The second kappa shape index (κ2) is 10.1. The van der Waals surface area contributed by atoms with Gasteiger partial charge in [-0.15, -0.1) is 0 Å². The third-order valence-electron chi connectivity index (χ3n) is 4.79. The van der Waals surface area contributed by atoms with Crippen molar-refractivity contribution in [3.63, 3.8) is 0 Å². The zero-order valence-electron chi connectivity index (χ0n) is 16.8. The second-order valence-corrected chi connectivity index (χ2v) is 7.40. The van der Waals surface area contributed by atoms with E-state index in [-0.39, 0.29) is 52.1 Å². The highest BCUT2D eigenvalue weighted by Crippen LogP contribution is 2.38. The molecule has 0 bridgehead atoms. The van der Waals surface area contributed by atoms with Gasteiger partial charge in [0.15, 0.2) is 18.1 Å². The molecule has 1 N–H and O–H groups in total. The normalized spacial score (nSPS) is 13.5. The number of methoxy groups -OCH3 is 1. The van der Waals surface area contributed by atoms with Crippen LogP contribution >= 0.6 is 11.6 Å². The van der Waals surface area contributed by atoms with Gasteiger partial charge in [-0.05, 0) is 43.2 Å². The zero-order valence-corrected chi connectivity index (χ0v) is 17.5. The lowest BCUT2D eigenvalue weighted by molar-refractivity contribution is -0.385. The summed E-state index contributed by atoms with van der Waals surface area (Å²) in [5.41, 5.74) is -0.171. The van der Waals surface area contributed by atoms with E-state index in [1.54, 1.807) is 0 Å². The Hall–Kier alpha value is -3.33. The molecule has 31 heavy (non-hydrogen) atoms. The summed E-state index contributed by atoms with van der Waals surface area (Å²) < 4.78 is 15.9. The molecule has 0 saturated heterocycles. The van der Waals surface area contributed by atoms with Crippen molar-refractivity contribution >= 4 is 29.2 Å². The zero-order chi connectivity index (χ0) is 22.4. The van der Waals surface area contributed by atoms with Crippen LogP contribution in [0, 0.1) is 10.1 Å². The number of ether oxygens (including phenoxy) is 3. The molecule has 10 heteroatoms. The van der Waals surface area contributed by atoms with E-state index in [9.17, 15) is 19.7 Å². The fourth-order valence-electron chi connectivity index (χ4n) is 3.27. The van der Waals surface area contributed by atoms with Gasteiger partial charge in [0.2, 0.25) is 5.75 Å². The van der Waals surface area contributed by atoms with Crippen molar-refractivity contribution in [3.8, 4) is 17.2 Å². The predicted molar refractivity (Wildman–Crippen MR) is 112 cm³/mol. The number of amides is 1. The molecule has 0 radical (unpaired) electrons. The molecule has 1 fully saturated rings. The molecule has 0 aromatic heterocycles. The van der Waals surface area contributed by atoms with E-state index in [1.165, 1.54) is 43.5 Å². The van der Waals surface area contributed by atoms with E-state index in [1.807, 2.05) is 0 Å². The Morgan fingerprint density at radius 3 is 2.52 bits per heavy atom. The number of nitro benzene ring substituents is 1. The van der Waals surface area contributed by atoms with Crippen LogP contribution in [-0.4, -0.2) is 36.6 Å². The number of hydrogen-bond donors (Lipinski definition) is 1. The van der Waals surface area contributed by atoms with Crippen LogP contribution in [0.4, 0.5) is 5.69 Å². The number of nitrogens with one attached hydrogen (secondary N) is 1. The van der Waals surface area contributed by atoms with E-state index in [0.717, 1.165) is 25.7 Å².